The summed E-state index contributed by atoms with van der Waals surface area (Å²) < 4.78 is 4.84. The van der Waals surface area contributed by atoms with Crippen LogP contribution < -0.4 is 16.0 Å². The molecule has 0 aliphatic carbocycles. The standard InChI is InChI=1S/C12H25N3O3/c1-12(2,3)11(17)15-6-5-14-10(16)9-13-7-8-18-4/h13H,5-9H2,1-4H3,(H,14,16)(H,15,17). The molecule has 6 nitrogen and oxygen atoms in total. The van der Waals surface area contributed by atoms with Crippen molar-refractivity contribution in [3.63, 3.8) is 0 Å². The lowest BCUT2D eigenvalue weighted by atomic mass is 9.96. The molecule has 3 N–H and O–H groups in total. The fourth-order valence-electron chi connectivity index (χ4n) is 1.08. The number of carbonyl (C=O) groups excluding carboxylic acids is 2. The van der Waals surface area contributed by atoms with Gasteiger partial charge in [0.25, 0.3) is 0 Å². The van der Waals surface area contributed by atoms with Crippen LogP contribution in [0.3, 0.4) is 0 Å². The van der Waals surface area contributed by atoms with Crippen molar-refractivity contribution >= 4 is 11.8 Å². The summed E-state index contributed by atoms with van der Waals surface area (Å²) in [5, 5.41) is 8.41. The highest BCUT2D eigenvalue weighted by molar-refractivity contribution is 5.81. The molecule has 0 saturated carbocycles. The minimum atomic E-state index is -0.397. The summed E-state index contributed by atoms with van der Waals surface area (Å²) in [5.74, 6) is -0.105. The van der Waals surface area contributed by atoms with E-state index in [4.69, 9.17) is 4.74 Å². The maximum Gasteiger partial charge on any atom is 0.234 e. The van der Waals surface area contributed by atoms with E-state index in [0.717, 1.165) is 0 Å². The molecule has 0 spiro atoms. The van der Waals surface area contributed by atoms with Gasteiger partial charge in [-0.3, -0.25) is 9.59 Å². The highest BCUT2D eigenvalue weighted by atomic mass is 16.5. The Kier molecular flexibility index (Phi) is 8.32. The summed E-state index contributed by atoms with van der Waals surface area (Å²) in [6, 6.07) is 0. The second kappa shape index (κ2) is 8.88. The zero-order valence-corrected chi connectivity index (χ0v) is 11.8. The summed E-state index contributed by atoms with van der Waals surface area (Å²) in [4.78, 5) is 22.8. The predicted octanol–water partition coefficient (Wildman–Crippen LogP) is -0.499. The molecule has 0 unspecified atom stereocenters. The summed E-state index contributed by atoms with van der Waals surface area (Å²) in [6.45, 7) is 7.91. The van der Waals surface area contributed by atoms with Crippen molar-refractivity contribution in [3.8, 4) is 0 Å². The van der Waals surface area contributed by atoms with Gasteiger partial charge < -0.3 is 20.7 Å². The fourth-order valence-corrected chi connectivity index (χ4v) is 1.08. The second-order valence-electron chi connectivity index (χ2n) is 5.03. The van der Waals surface area contributed by atoms with E-state index >= 15 is 0 Å². The normalized spacial score (nSPS) is 11.1. The van der Waals surface area contributed by atoms with Crippen molar-refractivity contribution in [2.45, 2.75) is 20.8 Å². The van der Waals surface area contributed by atoms with Crippen molar-refractivity contribution < 1.29 is 14.3 Å². The maximum atomic E-state index is 11.5. The molecule has 0 fully saturated rings. The molecule has 0 radical (unpaired) electrons. The third kappa shape index (κ3) is 8.95. The predicted molar refractivity (Wildman–Crippen MR) is 70.2 cm³/mol. The first-order valence-corrected chi connectivity index (χ1v) is 6.12. The number of ether oxygens (including phenoxy) is 1. The number of carbonyl (C=O) groups is 2. The first kappa shape index (κ1) is 16.9. The van der Waals surface area contributed by atoms with Crippen LogP contribution in [-0.4, -0.2) is 51.7 Å². The van der Waals surface area contributed by atoms with Gasteiger partial charge in [-0.05, 0) is 0 Å². The topological polar surface area (TPSA) is 79.5 Å². The van der Waals surface area contributed by atoms with E-state index in [0.29, 0.717) is 26.2 Å². The summed E-state index contributed by atoms with van der Waals surface area (Å²) >= 11 is 0. The molecular formula is C12H25N3O3. The van der Waals surface area contributed by atoms with Gasteiger partial charge in [0.05, 0.1) is 13.2 Å². The lowest BCUT2D eigenvalue weighted by Crippen LogP contribution is -2.42. The van der Waals surface area contributed by atoms with Gasteiger partial charge in [0.1, 0.15) is 0 Å². The van der Waals surface area contributed by atoms with E-state index in [2.05, 4.69) is 16.0 Å². The largest absolute Gasteiger partial charge is 0.383 e. The van der Waals surface area contributed by atoms with Crippen LogP contribution in [0.5, 0.6) is 0 Å². The van der Waals surface area contributed by atoms with E-state index in [1.807, 2.05) is 20.8 Å². The molecule has 0 aliphatic heterocycles. The molecule has 0 bridgehead atoms. The average molecular weight is 259 g/mol. The van der Waals surface area contributed by atoms with Gasteiger partial charge in [0.15, 0.2) is 0 Å². The minimum absolute atomic E-state index is 0.0185. The molecule has 6 heteroatoms. The monoisotopic (exact) mass is 259 g/mol. The Morgan fingerprint density at radius 2 is 1.67 bits per heavy atom. The molecule has 2 amide bonds. The first-order chi connectivity index (χ1) is 8.38. The Bertz CT molecular complexity index is 262. The fraction of sp³-hybridized carbons (Fsp3) is 0.833. The van der Waals surface area contributed by atoms with Gasteiger partial charge in [-0.2, -0.15) is 0 Å². The first-order valence-electron chi connectivity index (χ1n) is 6.12. The van der Waals surface area contributed by atoms with Gasteiger partial charge in [0, 0.05) is 32.2 Å². The Hall–Kier alpha value is -1.14. The molecule has 0 aromatic rings. The van der Waals surface area contributed by atoms with Crippen molar-refractivity contribution in [1.29, 1.82) is 0 Å². The molecule has 0 saturated heterocycles. The van der Waals surface area contributed by atoms with Gasteiger partial charge >= 0.3 is 0 Å². The van der Waals surface area contributed by atoms with Crippen LogP contribution in [0.25, 0.3) is 0 Å². The van der Waals surface area contributed by atoms with E-state index in [1.165, 1.54) is 0 Å². The van der Waals surface area contributed by atoms with Crippen LogP contribution in [0.15, 0.2) is 0 Å². The van der Waals surface area contributed by atoms with Crippen LogP contribution in [0.4, 0.5) is 0 Å². The lowest BCUT2D eigenvalue weighted by Gasteiger charge is -2.17. The highest BCUT2D eigenvalue weighted by Gasteiger charge is 2.20. The molecule has 18 heavy (non-hydrogen) atoms. The summed E-state index contributed by atoms with van der Waals surface area (Å²) in [6.07, 6.45) is 0. The minimum Gasteiger partial charge on any atom is -0.383 e. The molecule has 0 aromatic carbocycles. The van der Waals surface area contributed by atoms with Crippen LogP contribution >= 0.6 is 0 Å². The van der Waals surface area contributed by atoms with Crippen molar-refractivity contribution in [2.24, 2.45) is 5.41 Å². The number of methoxy groups -OCH3 is 1. The Labute approximate surface area is 109 Å². The van der Waals surface area contributed by atoms with Crippen molar-refractivity contribution in [3.05, 3.63) is 0 Å². The van der Waals surface area contributed by atoms with Gasteiger partial charge in [-0.25, -0.2) is 0 Å². The quantitative estimate of drug-likeness (QED) is 0.514. The highest BCUT2D eigenvalue weighted by Crippen LogP contribution is 2.11. The van der Waals surface area contributed by atoms with E-state index in [-0.39, 0.29) is 18.4 Å². The average Bonchev–Trinajstić information content (AvgIpc) is 2.28. The Morgan fingerprint density at radius 1 is 1.06 bits per heavy atom. The number of hydrogen-bond donors (Lipinski definition) is 3. The van der Waals surface area contributed by atoms with Crippen LogP contribution in [0.1, 0.15) is 20.8 Å². The zero-order valence-electron chi connectivity index (χ0n) is 11.8. The van der Waals surface area contributed by atoms with Gasteiger partial charge in [0.2, 0.25) is 11.8 Å². The number of hydrogen-bond acceptors (Lipinski definition) is 4. The molecule has 0 heterocycles. The Balaban J connectivity index is 3.49. The van der Waals surface area contributed by atoms with Crippen LogP contribution in [-0.2, 0) is 14.3 Å². The van der Waals surface area contributed by atoms with Gasteiger partial charge in [-0.1, -0.05) is 20.8 Å². The molecule has 0 aromatic heterocycles. The van der Waals surface area contributed by atoms with Crippen LogP contribution in [0, 0.1) is 5.41 Å². The maximum absolute atomic E-state index is 11.5. The van der Waals surface area contributed by atoms with E-state index in [1.54, 1.807) is 7.11 Å². The molecule has 0 aliphatic rings. The summed E-state index contributed by atoms with van der Waals surface area (Å²) in [7, 11) is 1.61. The van der Waals surface area contributed by atoms with Crippen molar-refractivity contribution in [2.75, 3.05) is 39.9 Å². The Morgan fingerprint density at radius 3 is 2.22 bits per heavy atom. The number of rotatable bonds is 8. The summed E-state index contributed by atoms with van der Waals surface area (Å²) in [5.41, 5.74) is -0.397. The van der Waals surface area contributed by atoms with Crippen molar-refractivity contribution in [1.82, 2.24) is 16.0 Å². The van der Waals surface area contributed by atoms with E-state index in [9.17, 15) is 9.59 Å². The second-order valence-corrected chi connectivity index (χ2v) is 5.03. The third-order valence-electron chi connectivity index (χ3n) is 2.18. The zero-order chi connectivity index (χ0) is 14.0. The smallest absolute Gasteiger partial charge is 0.234 e. The molecule has 106 valence electrons. The number of nitrogens with one attached hydrogen (secondary N) is 3. The SMILES string of the molecule is COCCNCC(=O)NCCNC(=O)C(C)(C)C. The molecular weight excluding hydrogens is 234 g/mol. The third-order valence-corrected chi connectivity index (χ3v) is 2.18. The van der Waals surface area contributed by atoms with E-state index < -0.39 is 5.41 Å². The molecule has 0 atom stereocenters. The van der Waals surface area contributed by atoms with Gasteiger partial charge in [-0.15, -0.1) is 0 Å². The lowest BCUT2D eigenvalue weighted by molar-refractivity contribution is -0.128. The van der Waals surface area contributed by atoms with Crippen LogP contribution in [0.2, 0.25) is 0 Å². The molecule has 0 rings (SSSR count). The number of amides is 2.